The molecule has 0 aliphatic carbocycles. The van der Waals surface area contributed by atoms with Crippen LogP contribution in [0.2, 0.25) is 0 Å². The van der Waals surface area contributed by atoms with Gasteiger partial charge in [-0.1, -0.05) is 27.7 Å². The Morgan fingerprint density at radius 1 is 1.23 bits per heavy atom. The van der Waals surface area contributed by atoms with Gasteiger partial charge in [-0.15, -0.1) is 0 Å². The summed E-state index contributed by atoms with van der Waals surface area (Å²) in [6.07, 6.45) is 1.11. The molecule has 0 saturated carbocycles. The zero-order valence-electron chi connectivity index (χ0n) is 14.8. The number of hydrogen-bond donors (Lipinski definition) is 2. The van der Waals surface area contributed by atoms with Gasteiger partial charge in [0.15, 0.2) is 0 Å². The van der Waals surface area contributed by atoms with Crippen molar-refractivity contribution in [2.75, 3.05) is 6.61 Å². The van der Waals surface area contributed by atoms with Gasteiger partial charge >= 0.3 is 0 Å². The molecule has 5 heteroatoms. The van der Waals surface area contributed by atoms with Gasteiger partial charge in [0, 0.05) is 17.8 Å². The van der Waals surface area contributed by atoms with E-state index in [0.29, 0.717) is 18.3 Å². The fourth-order valence-corrected chi connectivity index (χ4v) is 2.70. The van der Waals surface area contributed by atoms with E-state index < -0.39 is 0 Å². The SMILES string of the molecule is Cc1nn(CC(C)C)c(C)c1CC(=O)NC(CO)CC(C)C. The Morgan fingerprint density at radius 3 is 2.36 bits per heavy atom. The summed E-state index contributed by atoms with van der Waals surface area (Å²) in [5, 5.41) is 16.8. The number of aromatic nitrogens is 2. The summed E-state index contributed by atoms with van der Waals surface area (Å²) in [5.74, 6) is 0.911. The van der Waals surface area contributed by atoms with E-state index in [1.165, 1.54) is 0 Å². The van der Waals surface area contributed by atoms with Crippen LogP contribution >= 0.6 is 0 Å². The monoisotopic (exact) mass is 309 g/mol. The van der Waals surface area contributed by atoms with Crippen molar-refractivity contribution in [1.29, 1.82) is 0 Å². The topological polar surface area (TPSA) is 67.2 Å². The molecule has 0 radical (unpaired) electrons. The van der Waals surface area contributed by atoms with Crippen molar-refractivity contribution >= 4 is 5.91 Å². The molecule has 1 amide bonds. The van der Waals surface area contributed by atoms with Gasteiger partial charge in [-0.25, -0.2) is 0 Å². The average Bonchev–Trinajstić information content (AvgIpc) is 2.64. The Labute approximate surface area is 134 Å². The van der Waals surface area contributed by atoms with E-state index >= 15 is 0 Å². The van der Waals surface area contributed by atoms with E-state index in [2.05, 4.69) is 38.1 Å². The van der Waals surface area contributed by atoms with Gasteiger partial charge in [-0.05, 0) is 32.1 Å². The molecule has 22 heavy (non-hydrogen) atoms. The molecule has 1 unspecified atom stereocenters. The van der Waals surface area contributed by atoms with Crippen LogP contribution in [0.5, 0.6) is 0 Å². The van der Waals surface area contributed by atoms with Crippen LogP contribution in [0.15, 0.2) is 0 Å². The van der Waals surface area contributed by atoms with E-state index in [0.717, 1.165) is 29.9 Å². The largest absolute Gasteiger partial charge is 0.394 e. The second-order valence-electron chi connectivity index (χ2n) is 6.98. The van der Waals surface area contributed by atoms with Crippen LogP contribution in [0.4, 0.5) is 0 Å². The molecule has 2 N–H and O–H groups in total. The summed E-state index contributed by atoms with van der Waals surface area (Å²) < 4.78 is 1.99. The molecule has 0 aliphatic heterocycles. The number of aryl methyl sites for hydroxylation is 1. The van der Waals surface area contributed by atoms with Gasteiger partial charge in [0.25, 0.3) is 0 Å². The number of nitrogens with one attached hydrogen (secondary N) is 1. The summed E-state index contributed by atoms with van der Waals surface area (Å²) in [6.45, 7) is 13.3. The summed E-state index contributed by atoms with van der Waals surface area (Å²) in [7, 11) is 0. The molecule has 1 aromatic heterocycles. The van der Waals surface area contributed by atoms with E-state index in [4.69, 9.17) is 0 Å². The number of carbonyl (C=O) groups excluding carboxylic acids is 1. The van der Waals surface area contributed by atoms with Crippen molar-refractivity contribution in [3.63, 3.8) is 0 Å². The zero-order valence-corrected chi connectivity index (χ0v) is 14.8. The number of hydrogen-bond acceptors (Lipinski definition) is 3. The van der Waals surface area contributed by atoms with E-state index in [-0.39, 0.29) is 18.6 Å². The maximum Gasteiger partial charge on any atom is 0.224 e. The highest BCUT2D eigenvalue weighted by Gasteiger charge is 2.18. The highest BCUT2D eigenvalue weighted by molar-refractivity contribution is 5.79. The van der Waals surface area contributed by atoms with Crippen LogP contribution in [0, 0.1) is 25.7 Å². The number of nitrogens with zero attached hydrogens (tertiary/aromatic N) is 2. The van der Waals surface area contributed by atoms with Gasteiger partial charge in [0.1, 0.15) is 0 Å². The molecule has 1 heterocycles. The maximum absolute atomic E-state index is 12.2. The third kappa shape index (κ3) is 5.44. The number of amides is 1. The standard InChI is InChI=1S/C17H31N3O2/c1-11(2)7-15(10-21)18-17(22)8-16-13(5)19-20(14(16)6)9-12(3)4/h11-12,15,21H,7-10H2,1-6H3,(H,18,22). The number of rotatable bonds is 8. The summed E-state index contributed by atoms with van der Waals surface area (Å²) >= 11 is 0. The van der Waals surface area contributed by atoms with E-state index in [1.54, 1.807) is 0 Å². The molecule has 126 valence electrons. The molecule has 1 rings (SSSR count). The summed E-state index contributed by atoms with van der Waals surface area (Å²) in [6, 6.07) is -0.168. The smallest absolute Gasteiger partial charge is 0.224 e. The number of aliphatic hydroxyl groups excluding tert-OH is 1. The first-order valence-electron chi connectivity index (χ1n) is 8.17. The Morgan fingerprint density at radius 2 is 1.86 bits per heavy atom. The Hall–Kier alpha value is -1.36. The van der Waals surface area contributed by atoms with Crippen LogP contribution in [0.25, 0.3) is 0 Å². The minimum absolute atomic E-state index is 0.0193. The van der Waals surface area contributed by atoms with Crippen LogP contribution in [0.3, 0.4) is 0 Å². The third-order valence-corrected chi connectivity index (χ3v) is 3.75. The van der Waals surface area contributed by atoms with Gasteiger partial charge in [-0.3, -0.25) is 9.48 Å². The summed E-state index contributed by atoms with van der Waals surface area (Å²) in [4.78, 5) is 12.2. The van der Waals surface area contributed by atoms with Crippen molar-refractivity contribution in [2.45, 2.75) is 67.0 Å². The first kappa shape index (κ1) is 18.7. The molecular formula is C17H31N3O2. The van der Waals surface area contributed by atoms with Gasteiger partial charge in [-0.2, -0.15) is 5.10 Å². The highest BCUT2D eigenvalue weighted by Crippen LogP contribution is 2.15. The third-order valence-electron chi connectivity index (χ3n) is 3.75. The highest BCUT2D eigenvalue weighted by atomic mass is 16.3. The average molecular weight is 309 g/mol. The fraction of sp³-hybridized carbons (Fsp3) is 0.765. The van der Waals surface area contributed by atoms with Crippen LogP contribution < -0.4 is 5.32 Å². The van der Waals surface area contributed by atoms with Crippen molar-refractivity contribution in [2.24, 2.45) is 11.8 Å². The number of carbonyl (C=O) groups is 1. The zero-order chi connectivity index (χ0) is 16.9. The Balaban J connectivity index is 2.73. The molecule has 0 saturated heterocycles. The normalized spacial score (nSPS) is 13.0. The van der Waals surface area contributed by atoms with Crippen LogP contribution in [-0.2, 0) is 17.8 Å². The van der Waals surface area contributed by atoms with Crippen molar-refractivity contribution < 1.29 is 9.90 Å². The molecule has 0 spiro atoms. The first-order valence-corrected chi connectivity index (χ1v) is 8.17. The van der Waals surface area contributed by atoms with E-state index in [9.17, 15) is 9.90 Å². The molecule has 0 fully saturated rings. The second kappa shape index (κ2) is 8.32. The first-order chi connectivity index (χ1) is 10.2. The molecule has 0 bridgehead atoms. The van der Waals surface area contributed by atoms with Crippen LogP contribution in [0.1, 0.15) is 51.1 Å². The predicted molar refractivity (Wildman–Crippen MR) is 88.7 cm³/mol. The Bertz CT molecular complexity index is 492. The van der Waals surface area contributed by atoms with Gasteiger partial charge in [0.2, 0.25) is 5.91 Å². The Kier molecular flexibility index (Phi) is 7.07. The number of aliphatic hydroxyl groups is 1. The minimum atomic E-state index is -0.168. The van der Waals surface area contributed by atoms with Gasteiger partial charge in [0.05, 0.1) is 24.8 Å². The summed E-state index contributed by atoms with van der Waals surface area (Å²) in [5.41, 5.74) is 2.97. The lowest BCUT2D eigenvalue weighted by Gasteiger charge is -2.18. The molecule has 5 nitrogen and oxygen atoms in total. The van der Waals surface area contributed by atoms with Crippen molar-refractivity contribution in [3.05, 3.63) is 17.0 Å². The van der Waals surface area contributed by atoms with E-state index in [1.807, 2.05) is 18.5 Å². The maximum atomic E-state index is 12.2. The molecular weight excluding hydrogens is 278 g/mol. The predicted octanol–water partition coefficient (Wildman–Crippen LogP) is 2.22. The van der Waals surface area contributed by atoms with Crippen molar-refractivity contribution in [3.8, 4) is 0 Å². The van der Waals surface area contributed by atoms with Crippen LogP contribution in [-0.4, -0.2) is 33.4 Å². The molecule has 0 aromatic carbocycles. The van der Waals surface area contributed by atoms with Crippen molar-refractivity contribution in [1.82, 2.24) is 15.1 Å². The molecule has 0 aliphatic rings. The van der Waals surface area contributed by atoms with Gasteiger partial charge < -0.3 is 10.4 Å². The minimum Gasteiger partial charge on any atom is -0.394 e. The lowest BCUT2D eigenvalue weighted by molar-refractivity contribution is -0.121. The lowest BCUT2D eigenvalue weighted by atomic mass is 10.0. The molecule has 1 atom stereocenters. The lowest BCUT2D eigenvalue weighted by Crippen LogP contribution is -2.39. The molecule has 1 aromatic rings. The second-order valence-corrected chi connectivity index (χ2v) is 6.98. The fourth-order valence-electron chi connectivity index (χ4n) is 2.70. The quantitative estimate of drug-likeness (QED) is 0.774.